The molecule has 0 radical (unpaired) electrons. The Labute approximate surface area is 229 Å². The largest absolute Gasteiger partial charge is 0.313 e. The fourth-order valence-electron chi connectivity index (χ4n) is 4.66. The second kappa shape index (κ2) is 9.98. The van der Waals surface area contributed by atoms with Crippen LogP contribution in [0.2, 0.25) is 0 Å². The minimum Gasteiger partial charge on any atom is -0.313 e. The molecule has 0 unspecified atom stereocenters. The number of nitrogens with zero attached hydrogens (tertiary/aromatic N) is 1. The van der Waals surface area contributed by atoms with Crippen molar-refractivity contribution in [1.82, 2.24) is 4.98 Å². The molecule has 2 heterocycles. The number of hydrogen-bond donors (Lipinski definition) is 2. The van der Waals surface area contributed by atoms with Gasteiger partial charge in [0.15, 0.2) is 0 Å². The van der Waals surface area contributed by atoms with Gasteiger partial charge in [0.25, 0.3) is 15.9 Å². The molecule has 1 aliphatic carbocycles. The summed E-state index contributed by atoms with van der Waals surface area (Å²) in [6.45, 7) is 1.90. The number of carbonyl (C=O) groups is 1. The van der Waals surface area contributed by atoms with Gasteiger partial charge in [-0.15, -0.1) is 22.7 Å². The molecule has 5 aromatic rings. The van der Waals surface area contributed by atoms with Crippen LogP contribution < -0.4 is 10.0 Å². The Morgan fingerprint density at radius 1 is 0.895 bits per heavy atom. The number of hydrogen-bond acceptors (Lipinski definition) is 6. The first-order valence-corrected chi connectivity index (χ1v) is 15.5. The summed E-state index contributed by atoms with van der Waals surface area (Å²) in [7, 11) is -3.72. The molecule has 0 atom stereocenters. The zero-order valence-corrected chi connectivity index (χ0v) is 23.1. The zero-order valence-electron chi connectivity index (χ0n) is 20.7. The van der Waals surface area contributed by atoms with Crippen molar-refractivity contribution in [2.24, 2.45) is 0 Å². The van der Waals surface area contributed by atoms with Gasteiger partial charge in [-0.2, -0.15) is 0 Å². The molecule has 1 amide bonds. The molecule has 1 aliphatic rings. The average molecular weight is 560 g/mol. The first kappa shape index (κ1) is 24.8. The van der Waals surface area contributed by atoms with E-state index in [1.54, 1.807) is 71.2 Å². The lowest BCUT2D eigenvalue weighted by atomic mass is 9.95. The molecule has 192 valence electrons. The summed E-state index contributed by atoms with van der Waals surface area (Å²) in [5, 5.41) is 4.89. The normalized spacial score (nSPS) is 13.3. The SMILES string of the molecule is Cc1ccc(S(=O)(=O)Nc2ccc(C(=O)Nc3sc4c(c3-c3nc5ccccc5s3)CCCC4)cc2)cc1. The Hall–Kier alpha value is -3.53. The molecule has 0 bridgehead atoms. The van der Waals surface area contributed by atoms with Crippen molar-refractivity contribution in [1.29, 1.82) is 0 Å². The second-order valence-electron chi connectivity index (χ2n) is 9.35. The highest BCUT2D eigenvalue weighted by Crippen LogP contribution is 2.46. The molecule has 0 fully saturated rings. The van der Waals surface area contributed by atoms with Crippen LogP contribution >= 0.6 is 22.7 Å². The lowest BCUT2D eigenvalue weighted by molar-refractivity contribution is 0.102. The smallest absolute Gasteiger partial charge is 0.261 e. The lowest BCUT2D eigenvalue weighted by Gasteiger charge is -2.12. The van der Waals surface area contributed by atoms with E-state index >= 15 is 0 Å². The average Bonchev–Trinajstić information content (AvgIpc) is 3.49. The Kier molecular flexibility index (Phi) is 6.51. The molecule has 9 heteroatoms. The molecule has 2 N–H and O–H groups in total. The predicted molar refractivity (Wildman–Crippen MR) is 156 cm³/mol. The maximum Gasteiger partial charge on any atom is 0.261 e. The van der Waals surface area contributed by atoms with Crippen LogP contribution in [0.5, 0.6) is 0 Å². The summed E-state index contributed by atoms with van der Waals surface area (Å²) in [5.41, 5.74) is 5.13. The first-order valence-electron chi connectivity index (χ1n) is 12.4. The summed E-state index contributed by atoms with van der Waals surface area (Å²) in [5.74, 6) is -0.237. The fourth-order valence-corrected chi connectivity index (χ4v) is 8.11. The molecule has 0 spiro atoms. The van der Waals surface area contributed by atoms with Gasteiger partial charge in [0.2, 0.25) is 0 Å². The third-order valence-electron chi connectivity index (χ3n) is 6.64. The van der Waals surface area contributed by atoms with Crippen LogP contribution in [-0.2, 0) is 22.9 Å². The number of fused-ring (bicyclic) bond motifs is 2. The van der Waals surface area contributed by atoms with Crippen LogP contribution in [0, 0.1) is 6.92 Å². The summed E-state index contributed by atoms with van der Waals surface area (Å²) in [4.78, 5) is 19.7. The van der Waals surface area contributed by atoms with E-state index in [1.165, 1.54) is 10.4 Å². The molecule has 6 rings (SSSR count). The van der Waals surface area contributed by atoms with Gasteiger partial charge < -0.3 is 5.32 Å². The van der Waals surface area contributed by atoms with E-state index in [-0.39, 0.29) is 10.8 Å². The molecule has 2 aromatic heterocycles. The van der Waals surface area contributed by atoms with E-state index in [4.69, 9.17) is 4.98 Å². The number of para-hydroxylation sites is 1. The van der Waals surface area contributed by atoms with Gasteiger partial charge in [-0.1, -0.05) is 29.8 Å². The van der Waals surface area contributed by atoms with Crippen molar-refractivity contribution in [3.63, 3.8) is 0 Å². The Morgan fingerprint density at radius 2 is 1.63 bits per heavy atom. The minimum atomic E-state index is -3.72. The molecular weight excluding hydrogens is 535 g/mol. The van der Waals surface area contributed by atoms with E-state index in [2.05, 4.69) is 16.1 Å². The van der Waals surface area contributed by atoms with Crippen LogP contribution in [0.3, 0.4) is 0 Å². The Balaban J connectivity index is 1.25. The quantitative estimate of drug-likeness (QED) is 0.229. The third kappa shape index (κ3) is 4.84. The van der Waals surface area contributed by atoms with Gasteiger partial charge >= 0.3 is 0 Å². The van der Waals surface area contributed by atoms with Gasteiger partial charge in [-0.25, -0.2) is 13.4 Å². The van der Waals surface area contributed by atoms with Gasteiger partial charge in [0.1, 0.15) is 10.0 Å². The number of aromatic nitrogens is 1. The monoisotopic (exact) mass is 559 g/mol. The molecule has 38 heavy (non-hydrogen) atoms. The highest BCUT2D eigenvalue weighted by molar-refractivity contribution is 7.92. The number of sulfonamides is 1. The molecule has 3 aromatic carbocycles. The summed E-state index contributed by atoms with van der Waals surface area (Å²) < 4.78 is 29.1. The van der Waals surface area contributed by atoms with Gasteiger partial charge in [0.05, 0.1) is 15.1 Å². The van der Waals surface area contributed by atoms with Crippen LogP contribution in [0.25, 0.3) is 20.8 Å². The van der Waals surface area contributed by atoms with Gasteiger partial charge in [-0.3, -0.25) is 9.52 Å². The van der Waals surface area contributed by atoms with Gasteiger partial charge in [-0.05, 0) is 86.7 Å². The molecule has 0 saturated carbocycles. The first-order chi connectivity index (χ1) is 18.4. The van der Waals surface area contributed by atoms with Crippen molar-refractivity contribution in [2.45, 2.75) is 37.5 Å². The third-order valence-corrected chi connectivity index (χ3v) is 10.3. The number of thiazole rings is 1. The van der Waals surface area contributed by atoms with Crippen LogP contribution in [0.1, 0.15) is 39.2 Å². The van der Waals surface area contributed by atoms with Crippen molar-refractivity contribution in [3.8, 4) is 10.6 Å². The van der Waals surface area contributed by atoms with Crippen molar-refractivity contribution < 1.29 is 13.2 Å². The predicted octanol–water partition coefficient (Wildman–Crippen LogP) is 7.27. The topological polar surface area (TPSA) is 88.2 Å². The number of amides is 1. The summed E-state index contributed by atoms with van der Waals surface area (Å²) in [6.07, 6.45) is 4.29. The Morgan fingerprint density at radius 3 is 2.39 bits per heavy atom. The van der Waals surface area contributed by atoms with Crippen LogP contribution in [-0.4, -0.2) is 19.3 Å². The molecule has 6 nitrogen and oxygen atoms in total. The number of benzene rings is 3. The summed E-state index contributed by atoms with van der Waals surface area (Å²) >= 11 is 3.29. The zero-order chi connectivity index (χ0) is 26.3. The van der Waals surface area contributed by atoms with E-state index < -0.39 is 10.0 Å². The van der Waals surface area contributed by atoms with Crippen molar-refractivity contribution in [2.75, 3.05) is 10.0 Å². The van der Waals surface area contributed by atoms with Gasteiger partial charge in [0, 0.05) is 21.7 Å². The van der Waals surface area contributed by atoms with E-state index in [0.29, 0.717) is 11.3 Å². The summed E-state index contributed by atoms with van der Waals surface area (Å²) in [6, 6.07) is 21.2. The fraction of sp³-hybridized carbons (Fsp3) is 0.172. The van der Waals surface area contributed by atoms with Crippen molar-refractivity contribution >= 4 is 59.5 Å². The van der Waals surface area contributed by atoms with E-state index in [1.807, 2.05) is 25.1 Å². The van der Waals surface area contributed by atoms with Crippen LogP contribution in [0.15, 0.2) is 77.7 Å². The second-order valence-corrected chi connectivity index (χ2v) is 13.2. The van der Waals surface area contributed by atoms with E-state index in [9.17, 15) is 13.2 Å². The number of anilines is 2. The lowest BCUT2D eigenvalue weighted by Crippen LogP contribution is -2.14. The molecular formula is C29H25N3O3S3. The standard InChI is InChI=1S/C29H25N3O3S3/c1-18-10-16-21(17-11-18)38(34,35)32-20-14-12-19(13-15-20)27(33)31-29-26(22-6-2-4-8-24(22)36-29)28-30-23-7-3-5-9-25(23)37-28/h3,5,7,9-17,32H,2,4,6,8H2,1H3,(H,31,33). The Bertz CT molecular complexity index is 1720. The number of rotatable bonds is 6. The molecule has 0 aliphatic heterocycles. The molecule has 0 saturated heterocycles. The number of thiophene rings is 1. The minimum absolute atomic E-state index is 0.189. The van der Waals surface area contributed by atoms with Crippen LogP contribution in [0.4, 0.5) is 10.7 Å². The highest BCUT2D eigenvalue weighted by Gasteiger charge is 2.25. The maximum absolute atomic E-state index is 13.3. The maximum atomic E-state index is 13.3. The highest BCUT2D eigenvalue weighted by atomic mass is 32.2. The number of nitrogens with one attached hydrogen (secondary N) is 2. The number of aryl methyl sites for hydroxylation is 2. The number of carbonyl (C=O) groups excluding carboxylic acids is 1. The van der Waals surface area contributed by atoms with Crippen molar-refractivity contribution in [3.05, 3.63) is 94.4 Å². The van der Waals surface area contributed by atoms with E-state index in [0.717, 1.165) is 57.0 Å².